The van der Waals surface area contributed by atoms with E-state index in [1.165, 1.54) is 0 Å². The highest BCUT2D eigenvalue weighted by atomic mass is 31.1. The first-order valence-corrected chi connectivity index (χ1v) is 5.14. The van der Waals surface area contributed by atoms with Crippen LogP contribution in [-0.2, 0) is 9.36 Å². The molecular weight excluding hydrogens is 205 g/mol. The van der Waals surface area contributed by atoms with Gasteiger partial charge >= 0.3 is 13.9 Å². The van der Waals surface area contributed by atoms with Crippen LogP contribution in [0, 0.1) is 0 Å². The van der Waals surface area contributed by atoms with E-state index in [2.05, 4.69) is 0 Å². The van der Waals surface area contributed by atoms with Crippen LogP contribution >= 0.6 is 8.03 Å². The van der Waals surface area contributed by atoms with Crippen LogP contribution in [0.5, 0.6) is 5.75 Å². The van der Waals surface area contributed by atoms with Gasteiger partial charge in [-0.05, 0) is 6.07 Å². The molecule has 0 aromatic heterocycles. The molecule has 72 valence electrons. The molecule has 0 radical (unpaired) electrons. The molecule has 6 heteroatoms. The predicted molar refractivity (Wildman–Crippen MR) is 45.6 cm³/mol. The lowest BCUT2D eigenvalue weighted by molar-refractivity contribution is -0.168. The first-order valence-electron chi connectivity index (χ1n) is 3.89. The quantitative estimate of drug-likeness (QED) is 0.675. The summed E-state index contributed by atoms with van der Waals surface area (Å²) in [4.78, 5) is 26.9. The van der Waals surface area contributed by atoms with Gasteiger partial charge in [0.1, 0.15) is 0 Å². The Balaban J connectivity index is 2.51. The number of amides is 1. The Kier molecular flexibility index (Phi) is 2.19. The number of fused-ring (bicyclic) bond motifs is 1. The summed E-state index contributed by atoms with van der Waals surface area (Å²) < 4.78 is 10.8. The fourth-order valence-electron chi connectivity index (χ4n) is 1.31. The van der Waals surface area contributed by atoms with Crippen LogP contribution in [0.3, 0.4) is 0 Å². The minimum Gasteiger partial charge on any atom is -0.595 e. The number of hydrogen-bond acceptors (Lipinski definition) is 4. The second kappa shape index (κ2) is 3.36. The molecule has 2 unspecified atom stereocenters. The molecule has 1 N–H and O–H groups in total. The van der Waals surface area contributed by atoms with Gasteiger partial charge in [0.05, 0.1) is 5.56 Å². The lowest BCUT2D eigenvalue weighted by Crippen LogP contribution is -2.36. The summed E-state index contributed by atoms with van der Waals surface area (Å²) >= 11 is 0. The normalized spacial score (nSPS) is 20.5. The van der Waals surface area contributed by atoms with Crippen LogP contribution in [0.25, 0.3) is 0 Å². The molecule has 2 atom stereocenters. The highest BCUT2D eigenvalue weighted by Gasteiger charge is 2.38. The zero-order valence-electron chi connectivity index (χ0n) is 6.97. The van der Waals surface area contributed by atoms with Crippen molar-refractivity contribution in [3.63, 3.8) is 0 Å². The summed E-state index contributed by atoms with van der Waals surface area (Å²) in [6, 6.07) is 6.52. The van der Waals surface area contributed by atoms with Gasteiger partial charge in [0.2, 0.25) is 0 Å². The van der Waals surface area contributed by atoms with Crippen LogP contribution in [0.15, 0.2) is 24.3 Å². The summed E-state index contributed by atoms with van der Waals surface area (Å²) in [7, 11) is -2.84. The third-order valence-electron chi connectivity index (χ3n) is 1.93. The van der Waals surface area contributed by atoms with E-state index in [0.29, 0.717) is 11.3 Å². The molecule has 14 heavy (non-hydrogen) atoms. The lowest BCUT2D eigenvalue weighted by atomic mass is 10.1. The van der Waals surface area contributed by atoms with Crippen molar-refractivity contribution in [2.75, 3.05) is 0 Å². The summed E-state index contributed by atoms with van der Waals surface area (Å²) in [5.41, 5.74) is 1.29. The fourth-order valence-corrected chi connectivity index (χ4v) is 2.00. The van der Waals surface area contributed by atoms with Crippen LogP contribution < -0.4 is 15.2 Å². The predicted octanol–water partition coefficient (Wildman–Crippen LogP) is 0.254. The van der Waals surface area contributed by atoms with Crippen molar-refractivity contribution in [2.45, 2.75) is 5.66 Å². The van der Waals surface area contributed by atoms with E-state index >= 15 is 0 Å². The molecule has 0 saturated heterocycles. The van der Waals surface area contributed by atoms with E-state index in [9.17, 15) is 14.3 Å². The van der Waals surface area contributed by atoms with Crippen LogP contribution in [0.2, 0.25) is 0 Å². The molecule has 1 aliphatic heterocycles. The minimum atomic E-state index is -2.84. The Bertz CT molecular complexity index is 406. The van der Waals surface area contributed by atoms with E-state index in [0.717, 1.165) is 0 Å². The molecule has 1 amide bonds. The molecule has 1 heterocycles. The van der Waals surface area contributed by atoms with Crippen molar-refractivity contribution in [2.24, 2.45) is 0 Å². The van der Waals surface area contributed by atoms with Gasteiger partial charge in [-0.25, -0.2) is 0 Å². The SMILES string of the molecule is O=C1NOc2ccccc2C1[P+](=O)[O-]. The zero-order valence-corrected chi connectivity index (χ0v) is 7.86. The van der Waals surface area contributed by atoms with Crippen molar-refractivity contribution in [1.82, 2.24) is 5.48 Å². The number of benzene rings is 1. The number of nitrogens with one attached hydrogen (secondary N) is 1. The number of carbonyl (C=O) groups excluding carboxylic acids is 1. The molecule has 1 aromatic rings. The Hall–Kier alpha value is -1.45. The van der Waals surface area contributed by atoms with Gasteiger partial charge in [0.25, 0.3) is 5.66 Å². The molecule has 2 rings (SSSR count). The molecule has 1 aromatic carbocycles. The molecule has 0 bridgehead atoms. The van der Waals surface area contributed by atoms with Crippen molar-refractivity contribution in [1.29, 1.82) is 0 Å². The number of hydroxylamine groups is 1. The zero-order chi connectivity index (χ0) is 10.1. The molecule has 0 fully saturated rings. The summed E-state index contributed by atoms with van der Waals surface area (Å²) in [5, 5.41) is 0. The van der Waals surface area contributed by atoms with Gasteiger partial charge < -0.3 is 9.73 Å². The molecule has 5 nitrogen and oxygen atoms in total. The summed E-state index contributed by atoms with van der Waals surface area (Å²) in [5.74, 6) is -0.281. The standard InChI is InChI=1S/C8H6NO4P/c10-8-7(14(11)12)5-3-1-2-4-6(5)13-9-8/h1-4,7H,(H,9,10). The lowest BCUT2D eigenvalue weighted by Gasteiger charge is -2.19. The maximum absolute atomic E-state index is 11.2. The number of rotatable bonds is 1. The van der Waals surface area contributed by atoms with Gasteiger partial charge in [0, 0.05) is 0 Å². The van der Waals surface area contributed by atoms with Gasteiger partial charge in [-0.3, -0.25) is 4.79 Å². The van der Waals surface area contributed by atoms with Gasteiger partial charge in [0.15, 0.2) is 5.75 Å². The number of carbonyl (C=O) groups is 1. The third-order valence-corrected chi connectivity index (χ3v) is 2.87. The average molecular weight is 211 g/mol. The average Bonchev–Trinajstić information content (AvgIpc) is 2.17. The second-order valence-corrected chi connectivity index (χ2v) is 3.88. The van der Waals surface area contributed by atoms with Crippen molar-refractivity contribution < 1.29 is 19.1 Å². The Morgan fingerprint density at radius 1 is 1.43 bits per heavy atom. The highest BCUT2D eigenvalue weighted by molar-refractivity contribution is 7.38. The van der Waals surface area contributed by atoms with Crippen molar-refractivity contribution in [3.8, 4) is 5.75 Å². The largest absolute Gasteiger partial charge is 0.595 e. The molecule has 1 aliphatic rings. The van der Waals surface area contributed by atoms with E-state index in [-0.39, 0.29) is 0 Å². The van der Waals surface area contributed by atoms with Gasteiger partial charge in [-0.2, -0.15) is 5.48 Å². The molecule has 0 aliphatic carbocycles. The molecule has 0 spiro atoms. The monoisotopic (exact) mass is 211 g/mol. The first-order chi connectivity index (χ1) is 6.70. The van der Waals surface area contributed by atoms with E-state index in [4.69, 9.17) is 4.84 Å². The topological polar surface area (TPSA) is 78.5 Å². The smallest absolute Gasteiger partial charge is 0.327 e. The minimum absolute atomic E-state index is 0.372. The van der Waals surface area contributed by atoms with Crippen LogP contribution in [-0.4, -0.2) is 5.91 Å². The van der Waals surface area contributed by atoms with E-state index in [1.54, 1.807) is 24.3 Å². The Morgan fingerprint density at radius 3 is 2.86 bits per heavy atom. The van der Waals surface area contributed by atoms with Crippen molar-refractivity contribution in [3.05, 3.63) is 29.8 Å². The molecule has 0 saturated carbocycles. The van der Waals surface area contributed by atoms with E-state index in [1.807, 2.05) is 5.48 Å². The highest BCUT2D eigenvalue weighted by Crippen LogP contribution is 2.41. The Morgan fingerprint density at radius 2 is 2.14 bits per heavy atom. The number of para-hydroxylation sites is 1. The van der Waals surface area contributed by atoms with Gasteiger partial charge in [-0.15, -0.1) is 0 Å². The van der Waals surface area contributed by atoms with Gasteiger partial charge in [-0.1, -0.05) is 22.8 Å². The maximum Gasteiger partial charge on any atom is 0.327 e. The van der Waals surface area contributed by atoms with Crippen molar-refractivity contribution >= 4 is 13.9 Å². The van der Waals surface area contributed by atoms with Crippen LogP contribution in [0.1, 0.15) is 11.2 Å². The third kappa shape index (κ3) is 1.36. The summed E-state index contributed by atoms with van der Waals surface area (Å²) in [6.07, 6.45) is 0. The second-order valence-electron chi connectivity index (χ2n) is 2.79. The Labute approximate surface area is 80.5 Å². The van der Waals surface area contributed by atoms with Crippen LogP contribution in [0.4, 0.5) is 0 Å². The maximum atomic E-state index is 11.2. The molecular formula is C8H6NO4P. The first kappa shape index (κ1) is 9.12. The van der Waals surface area contributed by atoms with E-state index < -0.39 is 19.6 Å². The summed E-state index contributed by atoms with van der Waals surface area (Å²) in [6.45, 7) is 0. The fraction of sp³-hybridized carbons (Fsp3) is 0.125. The number of hydrogen-bond donors (Lipinski definition) is 1.